The number of esters is 1. The van der Waals surface area contributed by atoms with Gasteiger partial charge in [0.05, 0.1) is 13.7 Å². The lowest BCUT2D eigenvalue weighted by atomic mass is 10.2. The van der Waals surface area contributed by atoms with E-state index in [9.17, 15) is 4.79 Å². The summed E-state index contributed by atoms with van der Waals surface area (Å²) < 4.78 is 16.8. The summed E-state index contributed by atoms with van der Waals surface area (Å²) in [6, 6.07) is 7.60. The summed E-state index contributed by atoms with van der Waals surface area (Å²) in [5, 5.41) is 0.174. The summed E-state index contributed by atoms with van der Waals surface area (Å²) in [6.07, 6.45) is 3.01. The molecule has 0 aliphatic carbocycles. The van der Waals surface area contributed by atoms with Crippen LogP contribution < -0.4 is 4.74 Å². The second-order valence-electron chi connectivity index (χ2n) is 7.39. The number of para-hydroxylation sites is 1. The molecule has 0 aromatic heterocycles. The molecule has 1 rings (SSSR count). The SMILES string of the molecule is COC(=O)/C=C/c1ccccc1O[C@H](C)CO[Si](C)(C)C(C)(C)C. The Labute approximate surface area is 146 Å². The van der Waals surface area contributed by atoms with E-state index in [0.29, 0.717) is 6.61 Å². The number of carbonyl (C=O) groups excluding carboxylic acids is 1. The maximum atomic E-state index is 11.3. The first-order valence-corrected chi connectivity index (χ1v) is 11.1. The highest BCUT2D eigenvalue weighted by Crippen LogP contribution is 2.36. The number of methoxy groups -OCH3 is 1. The highest BCUT2D eigenvalue weighted by Gasteiger charge is 2.37. The molecule has 4 nitrogen and oxygen atoms in total. The van der Waals surface area contributed by atoms with Crippen molar-refractivity contribution in [3.63, 3.8) is 0 Å². The molecule has 0 amide bonds. The molecule has 0 spiro atoms. The van der Waals surface area contributed by atoms with Crippen molar-refractivity contribution < 1.29 is 18.7 Å². The number of ether oxygens (including phenoxy) is 2. The Balaban J connectivity index is 2.73. The Kier molecular flexibility index (Phi) is 7.23. The van der Waals surface area contributed by atoms with Crippen molar-refractivity contribution in [3.05, 3.63) is 35.9 Å². The first kappa shape index (κ1) is 20.5. The lowest BCUT2D eigenvalue weighted by Crippen LogP contribution is -2.43. The minimum atomic E-state index is -1.79. The van der Waals surface area contributed by atoms with E-state index in [4.69, 9.17) is 9.16 Å². The van der Waals surface area contributed by atoms with Gasteiger partial charge in [0, 0.05) is 11.6 Å². The van der Waals surface area contributed by atoms with E-state index < -0.39 is 8.32 Å². The fraction of sp³-hybridized carbons (Fsp3) is 0.526. The summed E-state index contributed by atoms with van der Waals surface area (Å²) in [5.41, 5.74) is 0.835. The summed E-state index contributed by atoms with van der Waals surface area (Å²) in [6.45, 7) is 13.7. The van der Waals surface area contributed by atoms with Gasteiger partial charge in [-0.2, -0.15) is 0 Å². The van der Waals surface area contributed by atoms with Gasteiger partial charge in [-0.3, -0.25) is 0 Å². The zero-order chi connectivity index (χ0) is 18.4. The smallest absolute Gasteiger partial charge is 0.330 e. The second-order valence-corrected chi connectivity index (χ2v) is 12.2. The van der Waals surface area contributed by atoms with Gasteiger partial charge in [-0.1, -0.05) is 39.0 Å². The van der Waals surface area contributed by atoms with Gasteiger partial charge in [-0.15, -0.1) is 0 Å². The molecule has 0 aliphatic rings. The van der Waals surface area contributed by atoms with Crippen molar-refractivity contribution in [2.75, 3.05) is 13.7 Å². The van der Waals surface area contributed by atoms with Gasteiger partial charge >= 0.3 is 5.97 Å². The lowest BCUT2D eigenvalue weighted by Gasteiger charge is -2.37. The third kappa shape index (κ3) is 6.13. The number of carbonyl (C=O) groups is 1. The van der Waals surface area contributed by atoms with Gasteiger partial charge in [0.25, 0.3) is 0 Å². The van der Waals surface area contributed by atoms with Crippen LogP contribution in [-0.2, 0) is 14.0 Å². The summed E-state index contributed by atoms with van der Waals surface area (Å²) in [7, 11) is -0.432. The van der Waals surface area contributed by atoms with Crippen molar-refractivity contribution in [1.29, 1.82) is 0 Å². The quantitative estimate of drug-likeness (QED) is 0.407. The maximum absolute atomic E-state index is 11.3. The van der Waals surface area contributed by atoms with Crippen LogP contribution in [0.3, 0.4) is 0 Å². The summed E-state index contributed by atoms with van der Waals surface area (Å²) in [4.78, 5) is 11.3. The van der Waals surface area contributed by atoms with Crippen molar-refractivity contribution in [2.45, 2.75) is 51.9 Å². The number of hydrogen-bond acceptors (Lipinski definition) is 4. The standard InChI is InChI=1S/C19H30O4Si/c1-15(14-22-24(6,7)19(2,3)4)23-17-11-9-8-10-16(17)12-13-18(20)21-5/h8-13,15H,14H2,1-7H3/b13-12+/t15-/m1/s1. The van der Waals surface area contributed by atoms with E-state index in [-0.39, 0.29) is 17.1 Å². The van der Waals surface area contributed by atoms with Crippen molar-refractivity contribution in [1.82, 2.24) is 0 Å². The zero-order valence-corrected chi connectivity index (χ0v) is 16.9. The van der Waals surface area contributed by atoms with Crippen LogP contribution in [0.1, 0.15) is 33.3 Å². The molecule has 0 saturated carbocycles. The highest BCUT2D eigenvalue weighted by atomic mass is 28.4. The number of hydrogen-bond donors (Lipinski definition) is 0. The van der Waals surface area contributed by atoms with Gasteiger partial charge in [-0.05, 0) is 37.2 Å². The normalized spacial score (nSPS) is 13.8. The van der Waals surface area contributed by atoms with Gasteiger partial charge in [0.2, 0.25) is 0 Å². The van der Waals surface area contributed by atoms with Gasteiger partial charge in [0.1, 0.15) is 11.9 Å². The van der Waals surface area contributed by atoms with Crippen molar-refractivity contribution >= 4 is 20.4 Å². The molecular weight excluding hydrogens is 320 g/mol. The third-order valence-electron chi connectivity index (χ3n) is 4.33. The van der Waals surface area contributed by atoms with E-state index in [0.717, 1.165) is 11.3 Å². The van der Waals surface area contributed by atoms with Crippen LogP contribution in [0.4, 0.5) is 0 Å². The lowest BCUT2D eigenvalue weighted by molar-refractivity contribution is -0.134. The molecule has 1 atom stereocenters. The Hall–Kier alpha value is -1.59. The van der Waals surface area contributed by atoms with E-state index in [1.165, 1.54) is 13.2 Å². The predicted molar refractivity (Wildman–Crippen MR) is 101 cm³/mol. The predicted octanol–water partition coefficient (Wildman–Crippen LogP) is 4.66. The minimum Gasteiger partial charge on any atom is -0.488 e. The van der Waals surface area contributed by atoms with Crippen LogP contribution in [0.2, 0.25) is 18.1 Å². The van der Waals surface area contributed by atoms with Crippen molar-refractivity contribution in [2.24, 2.45) is 0 Å². The minimum absolute atomic E-state index is 0.0770. The highest BCUT2D eigenvalue weighted by molar-refractivity contribution is 6.74. The Morgan fingerprint density at radius 3 is 2.46 bits per heavy atom. The Morgan fingerprint density at radius 2 is 1.88 bits per heavy atom. The molecule has 1 aromatic carbocycles. The topological polar surface area (TPSA) is 44.8 Å². The molecule has 0 N–H and O–H groups in total. The van der Waals surface area contributed by atoms with Crippen LogP contribution >= 0.6 is 0 Å². The molecule has 24 heavy (non-hydrogen) atoms. The van der Waals surface area contributed by atoms with E-state index in [1.807, 2.05) is 31.2 Å². The molecule has 0 radical (unpaired) electrons. The van der Waals surface area contributed by atoms with E-state index >= 15 is 0 Å². The molecule has 134 valence electrons. The molecule has 0 fully saturated rings. The first-order chi connectivity index (χ1) is 11.1. The Morgan fingerprint density at radius 1 is 1.25 bits per heavy atom. The van der Waals surface area contributed by atoms with Crippen LogP contribution in [0.25, 0.3) is 6.08 Å². The fourth-order valence-corrected chi connectivity index (χ4v) is 2.83. The average molecular weight is 351 g/mol. The molecule has 0 unspecified atom stereocenters. The fourth-order valence-electron chi connectivity index (χ4n) is 1.74. The third-order valence-corrected chi connectivity index (χ3v) is 8.83. The van der Waals surface area contributed by atoms with Crippen LogP contribution in [0, 0.1) is 0 Å². The molecule has 0 aliphatic heterocycles. The van der Waals surface area contributed by atoms with Crippen LogP contribution in [0.5, 0.6) is 5.75 Å². The average Bonchev–Trinajstić information content (AvgIpc) is 2.50. The molecule has 0 heterocycles. The monoisotopic (exact) mass is 350 g/mol. The van der Waals surface area contributed by atoms with Crippen molar-refractivity contribution in [3.8, 4) is 5.75 Å². The molecule has 1 aromatic rings. The van der Waals surface area contributed by atoms with Crippen LogP contribution in [0.15, 0.2) is 30.3 Å². The van der Waals surface area contributed by atoms with Crippen LogP contribution in [-0.4, -0.2) is 34.1 Å². The number of benzene rings is 1. The summed E-state index contributed by atoms with van der Waals surface area (Å²) in [5.74, 6) is 0.336. The zero-order valence-electron chi connectivity index (χ0n) is 15.9. The molecular formula is C19H30O4Si. The maximum Gasteiger partial charge on any atom is 0.330 e. The van der Waals surface area contributed by atoms with Gasteiger partial charge in [-0.25, -0.2) is 4.79 Å². The molecule has 5 heteroatoms. The van der Waals surface area contributed by atoms with E-state index in [1.54, 1.807) is 6.08 Å². The molecule has 0 saturated heterocycles. The first-order valence-electron chi connectivity index (χ1n) is 8.22. The largest absolute Gasteiger partial charge is 0.488 e. The van der Waals surface area contributed by atoms with E-state index in [2.05, 4.69) is 38.6 Å². The summed E-state index contributed by atoms with van der Waals surface area (Å²) >= 11 is 0. The Bertz CT molecular complexity index is 573. The molecule has 0 bridgehead atoms. The van der Waals surface area contributed by atoms with Gasteiger partial charge in [0.15, 0.2) is 8.32 Å². The number of rotatable bonds is 7. The van der Waals surface area contributed by atoms with Gasteiger partial charge < -0.3 is 13.9 Å². The second kappa shape index (κ2) is 8.49.